The standard InChI is InChI=1S/C29H44N7O20P3S/c1-29(2,24(43)27(44)32-8-7-18(38)31-9-10-60-20(41)11-16(37)5-3-4-6-19(39)40)13-53-59(50,51)56-58(48,49)52-12-17-23(55-57(45,46)47)22(42)28(54-17)36-15-35-21-25(30)33-14-34-26(21)36/h3-4,14-15,17,22-24,28,42-43H,5-13H2,1-2H3,(H,31,38)(H,32,44)(H,39,40)(H,48,49)(H,50,51)(H2,30,33,34)(H2,45,46,47)/p-5/b4-3+/t17-,22-,23-,24+,28-/m1/s1. The van der Waals surface area contributed by atoms with Crippen molar-refractivity contribution in [3.05, 3.63) is 24.8 Å². The normalized spacial score (nSPS) is 21.0. The molecule has 2 aromatic rings. The quantitative estimate of drug-likeness (QED) is 0.0270. The third-order valence-corrected chi connectivity index (χ3v) is 11.8. The second-order valence-electron chi connectivity index (χ2n) is 13.2. The lowest BCUT2D eigenvalue weighted by Crippen LogP contribution is -2.46. The molecular weight excluding hydrogens is 891 g/mol. The molecule has 6 N–H and O–H groups in total. The van der Waals surface area contributed by atoms with E-state index in [0.29, 0.717) is 0 Å². The molecule has 3 heterocycles. The van der Waals surface area contributed by atoms with Crippen molar-refractivity contribution in [2.75, 3.05) is 37.8 Å². The number of phosphoric acid groups is 3. The lowest BCUT2D eigenvalue weighted by Gasteiger charge is -2.36. The predicted octanol–water partition coefficient (Wildman–Crippen LogP) is -4.82. The number of rotatable bonds is 25. The van der Waals surface area contributed by atoms with Crippen LogP contribution in [-0.2, 0) is 60.3 Å². The molecule has 0 aromatic carbocycles. The maximum Gasteiger partial charge on any atom is 0.274 e. The second kappa shape index (κ2) is 22.0. The average Bonchev–Trinajstić information content (AvgIpc) is 3.69. The van der Waals surface area contributed by atoms with E-state index in [-0.39, 0.29) is 55.1 Å². The Bertz CT molecular complexity index is 2050. The van der Waals surface area contributed by atoms with Gasteiger partial charge in [-0.3, -0.25) is 32.9 Å². The van der Waals surface area contributed by atoms with Crippen LogP contribution in [0.1, 0.15) is 45.8 Å². The highest BCUT2D eigenvalue weighted by atomic mass is 32.2. The van der Waals surface area contributed by atoms with Crippen LogP contribution in [0.5, 0.6) is 0 Å². The second-order valence-corrected chi connectivity index (χ2v) is 18.4. The van der Waals surface area contributed by atoms with Crippen LogP contribution in [0.2, 0.25) is 0 Å². The lowest BCUT2D eigenvalue weighted by atomic mass is 9.87. The van der Waals surface area contributed by atoms with E-state index >= 15 is 0 Å². The van der Waals surface area contributed by atoms with E-state index in [1.165, 1.54) is 12.2 Å². The number of hydrogen-bond acceptors (Lipinski definition) is 25. The minimum absolute atomic E-state index is 0.0177. The number of carboxylic acids is 1. The summed E-state index contributed by atoms with van der Waals surface area (Å²) < 4.78 is 60.4. The summed E-state index contributed by atoms with van der Waals surface area (Å²) in [7, 11) is -17.7. The van der Waals surface area contributed by atoms with Crippen LogP contribution in [0, 0.1) is 5.41 Å². The van der Waals surface area contributed by atoms with Crippen molar-refractivity contribution < 1.29 is 95.2 Å². The fourth-order valence-electron chi connectivity index (χ4n) is 4.95. The van der Waals surface area contributed by atoms with Gasteiger partial charge in [0.1, 0.15) is 42.0 Å². The Balaban J connectivity index is 1.43. The zero-order valence-electron chi connectivity index (χ0n) is 31.4. The van der Waals surface area contributed by atoms with E-state index in [4.69, 9.17) is 10.5 Å². The topological polar surface area (TPSA) is 432 Å². The van der Waals surface area contributed by atoms with Gasteiger partial charge in [-0.05, 0) is 0 Å². The maximum absolute atomic E-state index is 12.5. The van der Waals surface area contributed by atoms with E-state index in [9.17, 15) is 72.6 Å². The number of thioether (sulfide) groups is 1. The van der Waals surface area contributed by atoms with Crippen LogP contribution in [0.3, 0.4) is 0 Å². The number of aromatic nitrogens is 4. The average molecular weight is 931 g/mol. The smallest absolute Gasteiger partial charge is 0.274 e. The number of aliphatic hydroxyl groups is 2. The number of carboxylic acid groups (broad SMARTS) is 1. The minimum atomic E-state index is -5.95. The van der Waals surface area contributed by atoms with Crippen molar-refractivity contribution >= 4 is 80.9 Å². The van der Waals surface area contributed by atoms with Crippen molar-refractivity contribution in [1.82, 2.24) is 30.2 Å². The van der Waals surface area contributed by atoms with E-state index in [2.05, 4.69) is 43.5 Å². The molecule has 0 bridgehead atoms. The van der Waals surface area contributed by atoms with Crippen LogP contribution < -0.4 is 41.0 Å². The number of Topliss-reactive ketones (excluding diaryl/α,β-unsaturated/α-hetero) is 1. The molecule has 60 heavy (non-hydrogen) atoms. The van der Waals surface area contributed by atoms with Gasteiger partial charge in [0.05, 0.1) is 33.8 Å². The van der Waals surface area contributed by atoms with Gasteiger partial charge >= 0.3 is 0 Å². The van der Waals surface area contributed by atoms with Crippen molar-refractivity contribution in [2.45, 2.75) is 70.2 Å². The number of nitrogens with two attached hydrogens (primary N) is 1. The van der Waals surface area contributed by atoms with E-state index < -0.39 is 108 Å². The molecule has 2 amide bonds. The number of aliphatic hydroxyl groups excluding tert-OH is 2. The molecule has 27 nitrogen and oxygen atoms in total. The molecular formula is C29H39N7O20P3S-5. The lowest BCUT2D eigenvalue weighted by molar-refractivity contribution is -0.347. The molecule has 31 heteroatoms. The number of carbonyl (C=O) groups is 5. The van der Waals surface area contributed by atoms with Crippen molar-refractivity contribution in [3.63, 3.8) is 0 Å². The highest BCUT2D eigenvalue weighted by molar-refractivity contribution is 8.13. The van der Waals surface area contributed by atoms with E-state index in [1.54, 1.807) is 0 Å². The summed E-state index contributed by atoms with van der Waals surface area (Å²) in [5.74, 6) is -3.38. The first-order chi connectivity index (χ1) is 27.8. The first-order valence-corrected chi connectivity index (χ1v) is 22.5. The number of carbonyl (C=O) groups excluding carboxylic acids is 5. The first kappa shape index (κ1) is 50.8. The molecule has 1 saturated heterocycles. The van der Waals surface area contributed by atoms with Gasteiger partial charge in [-0.25, -0.2) is 19.3 Å². The number of ether oxygens (including phenoxy) is 1. The number of nitrogens with one attached hydrogen (secondary N) is 2. The summed E-state index contributed by atoms with van der Waals surface area (Å²) in [4.78, 5) is 118. The van der Waals surface area contributed by atoms with Gasteiger partial charge in [-0.15, -0.1) is 0 Å². The molecule has 0 radical (unpaired) electrons. The zero-order valence-corrected chi connectivity index (χ0v) is 34.9. The molecule has 336 valence electrons. The van der Waals surface area contributed by atoms with Crippen molar-refractivity contribution in [2.24, 2.45) is 5.41 Å². The first-order valence-electron chi connectivity index (χ1n) is 17.1. The molecule has 7 atom stereocenters. The molecule has 1 fully saturated rings. The number of hydrogen-bond donors (Lipinski definition) is 5. The minimum Gasteiger partial charge on any atom is -0.790 e. The van der Waals surface area contributed by atoms with Crippen LogP contribution in [0.15, 0.2) is 24.8 Å². The Morgan fingerprint density at radius 3 is 2.37 bits per heavy atom. The Hall–Kier alpha value is -3.56. The maximum atomic E-state index is 12.5. The SMILES string of the molecule is CC(C)(COP(=O)([O-])OP(=O)([O-])OC[C@H]1O[C@@H](n2cnc3c(N)ncnc32)[C@H](O)[C@@H]1OP(=O)([O-])[O-])[C@@H](O)C(=O)NCCC(=O)NCCSC(=O)CC(=O)C/C=C/CC(=O)[O-]. The van der Waals surface area contributed by atoms with Crippen LogP contribution in [-0.4, -0.2) is 115 Å². The summed E-state index contributed by atoms with van der Waals surface area (Å²) in [6, 6.07) is 0. The monoisotopic (exact) mass is 930 g/mol. The number of nitrogen functional groups attached to an aromatic ring is 1. The Morgan fingerprint density at radius 2 is 1.70 bits per heavy atom. The molecule has 2 unspecified atom stereocenters. The number of nitrogens with zero attached hydrogens (tertiary/aromatic N) is 4. The summed E-state index contributed by atoms with van der Waals surface area (Å²) in [6.07, 6.45) is -6.22. The summed E-state index contributed by atoms with van der Waals surface area (Å²) in [6.45, 7) is -0.305. The van der Waals surface area contributed by atoms with Gasteiger partial charge in [-0.2, -0.15) is 0 Å². The number of aliphatic carboxylic acids is 1. The molecule has 0 spiro atoms. The number of ketones is 1. The van der Waals surface area contributed by atoms with Crippen molar-refractivity contribution in [1.29, 1.82) is 0 Å². The van der Waals surface area contributed by atoms with Gasteiger partial charge in [-0.1, -0.05) is 37.8 Å². The van der Waals surface area contributed by atoms with E-state index in [0.717, 1.165) is 42.8 Å². The zero-order chi connectivity index (χ0) is 45.1. The van der Waals surface area contributed by atoms with Gasteiger partial charge < -0.3 is 78.9 Å². The number of fused-ring (bicyclic) bond motifs is 1. The fraction of sp³-hybridized carbons (Fsp3) is 0.586. The Morgan fingerprint density at radius 1 is 1.03 bits per heavy atom. The van der Waals surface area contributed by atoms with Crippen LogP contribution in [0.4, 0.5) is 5.82 Å². The summed E-state index contributed by atoms with van der Waals surface area (Å²) in [5, 5.41) is 35.9. The Kier molecular flexibility index (Phi) is 18.6. The van der Waals surface area contributed by atoms with Crippen LogP contribution >= 0.6 is 35.2 Å². The number of amides is 2. The van der Waals surface area contributed by atoms with Gasteiger partial charge in [0.2, 0.25) is 11.8 Å². The highest BCUT2D eigenvalue weighted by Crippen LogP contribution is 2.56. The molecule has 2 aromatic heterocycles. The number of anilines is 1. The van der Waals surface area contributed by atoms with Gasteiger partial charge in [0.15, 0.2) is 22.8 Å². The van der Waals surface area contributed by atoms with E-state index in [1.807, 2.05) is 0 Å². The number of allylic oxidation sites excluding steroid dienone is 1. The third-order valence-electron chi connectivity index (χ3n) is 7.88. The molecule has 0 saturated carbocycles. The number of phosphoric ester groups is 3. The van der Waals surface area contributed by atoms with Gasteiger partial charge in [0.25, 0.3) is 15.6 Å². The number of imidazole rings is 1. The molecule has 1 aliphatic rings. The van der Waals surface area contributed by atoms with Gasteiger partial charge in [0, 0.05) is 49.5 Å². The molecule has 3 rings (SSSR count). The fourth-order valence-corrected chi connectivity index (χ4v) is 8.38. The molecule has 1 aliphatic heterocycles. The molecule has 0 aliphatic carbocycles. The third kappa shape index (κ3) is 16.4. The van der Waals surface area contributed by atoms with Crippen molar-refractivity contribution in [3.8, 4) is 0 Å². The predicted molar refractivity (Wildman–Crippen MR) is 191 cm³/mol. The Labute approximate surface area is 343 Å². The highest BCUT2D eigenvalue weighted by Gasteiger charge is 2.47. The summed E-state index contributed by atoms with van der Waals surface area (Å²) in [5.41, 5.74) is 3.98. The van der Waals surface area contributed by atoms with Crippen LogP contribution in [0.25, 0.3) is 11.2 Å². The summed E-state index contributed by atoms with van der Waals surface area (Å²) >= 11 is 0.782. The largest absolute Gasteiger partial charge is 0.790 e.